The number of likely N-dealkylation sites (N-methyl/N-ethyl adjacent to an activating group) is 1. The molecule has 1 atom stereocenters. The Morgan fingerprint density at radius 2 is 1.87 bits per heavy atom. The second-order valence-electron chi connectivity index (χ2n) is 7.42. The first-order valence-corrected chi connectivity index (χ1v) is 9.69. The van der Waals surface area contributed by atoms with Crippen molar-refractivity contribution in [1.29, 1.82) is 0 Å². The molecule has 1 aliphatic rings. The molecule has 0 aromatic heterocycles. The molecule has 0 saturated carbocycles. The summed E-state index contributed by atoms with van der Waals surface area (Å²) in [5.74, 6) is -1.94. The summed E-state index contributed by atoms with van der Waals surface area (Å²) in [6, 6.07) is 9.69. The fourth-order valence-corrected chi connectivity index (χ4v) is 3.59. The van der Waals surface area contributed by atoms with Gasteiger partial charge in [0.2, 0.25) is 0 Å². The van der Waals surface area contributed by atoms with Gasteiger partial charge in [-0.1, -0.05) is 12.1 Å². The van der Waals surface area contributed by atoms with Gasteiger partial charge in [0.15, 0.2) is 0 Å². The van der Waals surface area contributed by atoms with Gasteiger partial charge in [-0.25, -0.2) is 4.39 Å². The van der Waals surface area contributed by atoms with E-state index in [0.717, 1.165) is 6.07 Å². The third kappa shape index (κ3) is 4.39. The first kappa shape index (κ1) is 22.3. The van der Waals surface area contributed by atoms with Gasteiger partial charge in [-0.2, -0.15) is 0 Å². The van der Waals surface area contributed by atoms with Crippen LogP contribution in [0.15, 0.2) is 48.0 Å². The number of amides is 1. The minimum absolute atomic E-state index is 0.000931. The second kappa shape index (κ2) is 9.18. The SMILES string of the molecule is COc1cccc(C2/C(=C(\O)c3cc(F)ccc3OC)C(=O)C(=O)N2CCN(C)C)c1. The summed E-state index contributed by atoms with van der Waals surface area (Å²) in [5.41, 5.74) is 0.469. The van der Waals surface area contributed by atoms with Crippen molar-refractivity contribution >= 4 is 17.4 Å². The highest BCUT2D eigenvalue weighted by molar-refractivity contribution is 6.46. The molecule has 1 unspecified atom stereocenters. The number of ketones is 1. The molecular formula is C23H25FN2O5. The summed E-state index contributed by atoms with van der Waals surface area (Å²) in [6.07, 6.45) is 0. The molecule has 31 heavy (non-hydrogen) atoms. The number of hydrogen-bond donors (Lipinski definition) is 1. The molecule has 1 heterocycles. The van der Waals surface area contributed by atoms with Crippen LogP contribution < -0.4 is 9.47 Å². The Hall–Kier alpha value is -3.39. The Labute approximate surface area is 180 Å². The molecule has 1 amide bonds. The summed E-state index contributed by atoms with van der Waals surface area (Å²) < 4.78 is 24.5. The van der Waals surface area contributed by atoms with Gasteiger partial charge >= 0.3 is 0 Å². The number of carbonyl (C=O) groups is 2. The number of nitrogens with zero attached hydrogens (tertiary/aromatic N) is 2. The lowest BCUT2D eigenvalue weighted by molar-refractivity contribution is -0.140. The Balaban J connectivity index is 2.22. The van der Waals surface area contributed by atoms with Crippen LogP contribution in [-0.2, 0) is 9.59 Å². The van der Waals surface area contributed by atoms with E-state index in [9.17, 15) is 19.1 Å². The normalized spacial score (nSPS) is 18.0. The number of methoxy groups -OCH3 is 2. The van der Waals surface area contributed by atoms with E-state index in [1.807, 2.05) is 19.0 Å². The summed E-state index contributed by atoms with van der Waals surface area (Å²) in [6.45, 7) is 0.771. The van der Waals surface area contributed by atoms with Gasteiger partial charge in [0.1, 0.15) is 23.1 Å². The van der Waals surface area contributed by atoms with Gasteiger partial charge in [-0.3, -0.25) is 9.59 Å². The van der Waals surface area contributed by atoms with E-state index in [1.165, 1.54) is 31.3 Å². The molecule has 0 radical (unpaired) electrons. The zero-order valence-electron chi connectivity index (χ0n) is 17.9. The average molecular weight is 428 g/mol. The van der Waals surface area contributed by atoms with Gasteiger partial charge in [-0.05, 0) is 50.0 Å². The van der Waals surface area contributed by atoms with Crippen LogP contribution in [0.4, 0.5) is 4.39 Å². The Morgan fingerprint density at radius 3 is 2.52 bits per heavy atom. The maximum atomic E-state index is 13.9. The summed E-state index contributed by atoms with van der Waals surface area (Å²) in [7, 11) is 6.60. The van der Waals surface area contributed by atoms with Gasteiger partial charge < -0.3 is 24.4 Å². The molecule has 1 N–H and O–H groups in total. The van der Waals surface area contributed by atoms with E-state index in [1.54, 1.807) is 24.3 Å². The van der Waals surface area contributed by atoms with Crippen LogP contribution in [-0.4, -0.2) is 68.0 Å². The number of aliphatic hydroxyl groups excluding tert-OH is 1. The Kier molecular flexibility index (Phi) is 6.60. The molecular weight excluding hydrogens is 403 g/mol. The molecule has 3 rings (SSSR count). The lowest BCUT2D eigenvalue weighted by Crippen LogP contribution is -2.35. The molecule has 7 nitrogen and oxygen atoms in total. The largest absolute Gasteiger partial charge is 0.507 e. The molecule has 164 valence electrons. The van der Waals surface area contributed by atoms with Crippen LogP contribution in [0.25, 0.3) is 5.76 Å². The highest BCUT2D eigenvalue weighted by Gasteiger charge is 2.46. The number of hydrogen-bond acceptors (Lipinski definition) is 6. The quantitative estimate of drug-likeness (QED) is 0.415. The maximum Gasteiger partial charge on any atom is 0.295 e. The van der Waals surface area contributed by atoms with Crippen molar-refractivity contribution in [1.82, 2.24) is 9.80 Å². The molecule has 0 spiro atoms. The topological polar surface area (TPSA) is 79.3 Å². The van der Waals surface area contributed by atoms with Crippen LogP contribution in [0, 0.1) is 5.82 Å². The number of benzene rings is 2. The van der Waals surface area contributed by atoms with E-state index in [4.69, 9.17) is 9.47 Å². The number of carbonyl (C=O) groups excluding carboxylic acids is 2. The molecule has 2 aromatic rings. The molecule has 2 aromatic carbocycles. The Bertz CT molecular complexity index is 1030. The fraction of sp³-hybridized carbons (Fsp3) is 0.304. The third-order valence-corrected chi connectivity index (χ3v) is 5.15. The van der Waals surface area contributed by atoms with Crippen molar-refractivity contribution in [3.63, 3.8) is 0 Å². The number of aliphatic hydroxyl groups is 1. The van der Waals surface area contributed by atoms with Crippen molar-refractivity contribution in [3.05, 3.63) is 65.0 Å². The predicted molar refractivity (Wildman–Crippen MR) is 114 cm³/mol. The van der Waals surface area contributed by atoms with Crippen molar-refractivity contribution in [2.75, 3.05) is 41.4 Å². The van der Waals surface area contributed by atoms with Gasteiger partial charge in [0.05, 0.1) is 31.4 Å². The zero-order chi connectivity index (χ0) is 22.7. The predicted octanol–water partition coefficient (Wildman–Crippen LogP) is 2.83. The van der Waals surface area contributed by atoms with Crippen LogP contribution in [0.3, 0.4) is 0 Å². The van der Waals surface area contributed by atoms with E-state index < -0.39 is 29.3 Å². The van der Waals surface area contributed by atoms with E-state index >= 15 is 0 Å². The highest BCUT2D eigenvalue weighted by Crippen LogP contribution is 2.41. The van der Waals surface area contributed by atoms with Crippen LogP contribution in [0.2, 0.25) is 0 Å². The number of likely N-dealkylation sites (tertiary alicyclic amines) is 1. The molecule has 1 saturated heterocycles. The first-order valence-electron chi connectivity index (χ1n) is 9.69. The van der Waals surface area contributed by atoms with Crippen LogP contribution >= 0.6 is 0 Å². The zero-order valence-corrected chi connectivity index (χ0v) is 17.9. The molecule has 1 fully saturated rings. The van der Waals surface area contributed by atoms with Crippen molar-refractivity contribution < 1.29 is 28.6 Å². The maximum absolute atomic E-state index is 13.9. The lowest BCUT2D eigenvalue weighted by Gasteiger charge is -2.27. The molecule has 0 aliphatic carbocycles. The van der Waals surface area contributed by atoms with Crippen molar-refractivity contribution in [2.24, 2.45) is 0 Å². The van der Waals surface area contributed by atoms with Crippen molar-refractivity contribution in [2.45, 2.75) is 6.04 Å². The van der Waals surface area contributed by atoms with Crippen LogP contribution in [0.5, 0.6) is 11.5 Å². The third-order valence-electron chi connectivity index (χ3n) is 5.15. The van der Waals surface area contributed by atoms with E-state index in [0.29, 0.717) is 17.9 Å². The smallest absolute Gasteiger partial charge is 0.295 e. The number of rotatable bonds is 7. The molecule has 8 heteroatoms. The lowest BCUT2D eigenvalue weighted by atomic mass is 9.94. The van der Waals surface area contributed by atoms with Gasteiger partial charge in [-0.15, -0.1) is 0 Å². The second-order valence-corrected chi connectivity index (χ2v) is 7.42. The minimum Gasteiger partial charge on any atom is -0.507 e. The number of halogens is 1. The summed E-state index contributed by atoms with van der Waals surface area (Å²) in [4.78, 5) is 29.2. The summed E-state index contributed by atoms with van der Waals surface area (Å²) in [5, 5.41) is 11.1. The monoisotopic (exact) mass is 428 g/mol. The standard InChI is InChI=1S/C23H25FN2O5/c1-25(2)10-11-26-20(14-6-5-7-16(12-14)30-3)19(22(28)23(26)29)21(27)17-13-15(24)8-9-18(17)31-4/h5-9,12-13,20,27H,10-11H2,1-4H3/b21-19+. The molecule has 0 bridgehead atoms. The van der Waals surface area contributed by atoms with E-state index in [-0.39, 0.29) is 23.4 Å². The molecule has 1 aliphatic heterocycles. The average Bonchev–Trinajstić information content (AvgIpc) is 3.01. The fourth-order valence-electron chi connectivity index (χ4n) is 3.59. The van der Waals surface area contributed by atoms with Crippen LogP contribution in [0.1, 0.15) is 17.2 Å². The highest BCUT2D eigenvalue weighted by atomic mass is 19.1. The van der Waals surface area contributed by atoms with Gasteiger partial charge in [0.25, 0.3) is 11.7 Å². The summed E-state index contributed by atoms with van der Waals surface area (Å²) >= 11 is 0. The number of ether oxygens (including phenoxy) is 2. The first-order chi connectivity index (χ1) is 14.8. The van der Waals surface area contributed by atoms with Crippen molar-refractivity contribution in [3.8, 4) is 11.5 Å². The van der Waals surface area contributed by atoms with E-state index in [2.05, 4.69) is 0 Å². The Morgan fingerprint density at radius 1 is 1.13 bits per heavy atom. The number of Topliss-reactive ketones (excluding diaryl/α,β-unsaturated/α-hetero) is 1. The van der Waals surface area contributed by atoms with Gasteiger partial charge in [0, 0.05) is 13.1 Å². The minimum atomic E-state index is -0.858.